The summed E-state index contributed by atoms with van der Waals surface area (Å²) >= 11 is 3.21. The molecule has 6 heteroatoms. The fourth-order valence-electron chi connectivity index (χ4n) is 2.13. The number of thiophene rings is 1. The van der Waals surface area contributed by atoms with Crippen LogP contribution in [0.2, 0.25) is 0 Å². The minimum absolute atomic E-state index is 0.118. The topological polar surface area (TPSA) is 54.9 Å². The number of thiazole rings is 1. The van der Waals surface area contributed by atoms with Crippen molar-refractivity contribution in [2.75, 3.05) is 0 Å². The molecule has 112 valence electrons. The summed E-state index contributed by atoms with van der Waals surface area (Å²) in [7, 11) is 0. The van der Waals surface area contributed by atoms with E-state index < -0.39 is 0 Å². The molecule has 0 saturated heterocycles. The Kier molecular flexibility index (Phi) is 4.31. The van der Waals surface area contributed by atoms with Crippen molar-refractivity contribution in [3.63, 3.8) is 0 Å². The Morgan fingerprint density at radius 2 is 2.05 bits per heavy atom. The molecule has 3 heterocycles. The van der Waals surface area contributed by atoms with Gasteiger partial charge >= 0.3 is 0 Å². The second-order valence-electron chi connectivity index (χ2n) is 4.88. The molecule has 3 rings (SSSR count). The number of aromatic nitrogens is 2. The normalized spacial score (nSPS) is 10.6. The van der Waals surface area contributed by atoms with Crippen LogP contribution in [0.5, 0.6) is 0 Å². The van der Waals surface area contributed by atoms with Gasteiger partial charge in [0.15, 0.2) is 0 Å². The number of carbonyl (C=O) groups is 1. The second kappa shape index (κ2) is 6.37. The van der Waals surface area contributed by atoms with Crippen molar-refractivity contribution >= 4 is 28.6 Å². The van der Waals surface area contributed by atoms with Crippen molar-refractivity contribution in [2.45, 2.75) is 20.4 Å². The van der Waals surface area contributed by atoms with Crippen molar-refractivity contribution in [3.05, 3.63) is 56.3 Å². The smallest absolute Gasteiger partial charge is 0.253 e. The molecule has 0 aliphatic rings. The third kappa shape index (κ3) is 3.23. The quantitative estimate of drug-likeness (QED) is 0.792. The van der Waals surface area contributed by atoms with Crippen LogP contribution in [0.4, 0.5) is 0 Å². The van der Waals surface area contributed by atoms with Crippen LogP contribution in [0, 0.1) is 13.8 Å². The number of hydrogen-bond acceptors (Lipinski definition) is 5. The maximum atomic E-state index is 12.3. The Morgan fingerprint density at radius 3 is 2.68 bits per heavy atom. The van der Waals surface area contributed by atoms with E-state index >= 15 is 0 Å². The predicted molar refractivity (Wildman–Crippen MR) is 90.3 cm³/mol. The van der Waals surface area contributed by atoms with Crippen LogP contribution in [-0.4, -0.2) is 15.9 Å². The molecule has 0 aliphatic heterocycles. The van der Waals surface area contributed by atoms with E-state index in [1.54, 1.807) is 22.7 Å². The first kappa shape index (κ1) is 14.9. The van der Waals surface area contributed by atoms with Gasteiger partial charge in [0.2, 0.25) is 0 Å². The summed E-state index contributed by atoms with van der Waals surface area (Å²) in [5.41, 5.74) is 4.20. The third-order valence-electron chi connectivity index (χ3n) is 3.24. The second-order valence-corrected chi connectivity index (χ2v) is 6.72. The highest BCUT2D eigenvalue weighted by Crippen LogP contribution is 2.21. The van der Waals surface area contributed by atoms with Gasteiger partial charge in [0.25, 0.3) is 5.91 Å². The van der Waals surface area contributed by atoms with Gasteiger partial charge < -0.3 is 5.32 Å². The Hall–Kier alpha value is -2.05. The zero-order chi connectivity index (χ0) is 15.5. The zero-order valence-electron chi connectivity index (χ0n) is 12.3. The monoisotopic (exact) mass is 329 g/mol. The van der Waals surface area contributed by atoms with Crippen LogP contribution in [0.1, 0.15) is 26.8 Å². The number of aryl methyl sites for hydroxylation is 2. The Balaban J connectivity index is 1.72. The van der Waals surface area contributed by atoms with Crippen LogP contribution in [0.3, 0.4) is 0 Å². The summed E-state index contributed by atoms with van der Waals surface area (Å²) in [5, 5.41) is 9.92. The van der Waals surface area contributed by atoms with Gasteiger partial charge in [0.05, 0.1) is 34.2 Å². The number of pyridine rings is 1. The molecule has 0 fully saturated rings. The van der Waals surface area contributed by atoms with Gasteiger partial charge in [-0.1, -0.05) is 0 Å². The lowest BCUT2D eigenvalue weighted by molar-refractivity contribution is 0.0949. The predicted octanol–water partition coefficient (Wildman–Crippen LogP) is 3.81. The van der Waals surface area contributed by atoms with Crippen LogP contribution in [0.25, 0.3) is 11.3 Å². The SMILES string of the molecule is Cc1nc(CNC(=O)c2ccc(-c3ccsc3)nc2C)cs1. The van der Waals surface area contributed by atoms with E-state index in [-0.39, 0.29) is 5.91 Å². The van der Waals surface area contributed by atoms with E-state index in [9.17, 15) is 4.79 Å². The minimum Gasteiger partial charge on any atom is -0.346 e. The molecule has 0 radical (unpaired) electrons. The number of nitrogens with one attached hydrogen (secondary N) is 1. The first-order valence-electron chi connectivity index (χ1n) is 6.83. The van der Waals surface area contributed by atoms with E-state index in [0.717, 1.165) is 27.7 Å². The van der Waals surface area contributed by atoms with Crippen LogP contribution >= 0.6 is 22.7 Å². The maximum Gasteiger partial charge on any atom is 0.253 e. The van der Waals surface area contributed by atoms with Crippen molar-refractivity contribution in [3.8, 4) is 11.3 Å². The lowest BCUT2D eigenvalue weighted by Gasteiger charge is -2.07. The summed E-state index contributed by atoms with van der Waals surface area (Å²) in [6.07, 6.45) is 0. The van der Waals surface area contributed by atoms with Crippen molar-refractivity contribution < 1.29 is 4.79 Å². The molecule has 0 bridgehead atoms. The summed E-state index contributed by atoms with van der Waals surface area (Å²) in [5.74, 6) is -0.118. The summed E-state index contributed by atoms with van der Waals surface area (Å²) in [4.78, 5) is 21.1. The van der Waals surface area contributed by atoms with Crippen molar-refractivity contribution in [1.29, 1.82) is 0 Å². The van der Waals surface area contributed by atoms with Crippen LogP contribution < -0.4 is 5.32 Å². The van der Waals surface area contributed by atoms with Gasteiger partial charge in [-0.15, -0.1) is 11.3 Å². The van der Waals surface area contributed by atoms with Crippen LogP contribution in [-0.2, 0) is 6.54 Å². The highest BCUT2D eigenvalue weighted by Gasteiger charge is 2.12. The molecular weight excluding hydrogens is 314 g/mol. The summed E-state index contributed by atoms with van der Waals surface area (Å²) in [6, 6.07) is 5.74. The first-order chi connectivity index (χ1) is 10.6. The van der Waals surface area contributed by atoms with E-state index in [1.807, 2.05) is 48.2 Å². The average molecular weight is 329 g/mol. The number of nitrogens with zero attached hydrogens (tertiary/aromatic N) is 2. The molecule has 4 nitrogen and oxygen atoms in total. The van der Waals surface area contributed by atoms with E-state index in [0.29, 0.717) is 12.1 Å². The van der Waals surface area contributed by atoms with Crippen molar-refractivity contribution in [2.24, 2.45) is 0 Å². The molecule has 3 aromatic rings. The molecule has 0 aromatic carbocycles. The zero-order valence-corrected chi connectivity index (χ0v) is 13.9. The molecule has 0 atom stereocenters. The van der Waals surface area contributed by atoms with E-state index in [2.05, 4.69) is 15.3 Å². The molecule has 0 unspecified atom stereocenters. The molecular formula is C16H15N3OS2. The Bertz CT molecular complexity index is 794. The highest BCUT2D eigenvalue weighted by atomic mass is 32.1. The first-order valence-corrected chi connectivity index (χ1v) is 8.65. The molecule has 0 spiro atoms. The van der Waals surface area contributed by atoms with Gasteiger partial charge in [0, 0.05) is 16.3 Å². The van der Waals surface area contributed by atoms with Gasteiger partial charge in [-0.3, -0.25) is 9.78 Å². The number of carbonyl (C=O) groups excluding carboxylic acids is 1. The van der Waals surface area contributed by atoms with Gasteiger partial charge in [-0.25, -0.2) is 4.98 Å². The maximum absolute atomic E-state index is 12.3. The van der Waals surface area contributed by atoms with Gasteiger partial charge in [0.1, 0.15) is 0 Å². The number of rotatable bonds is 4. The molecule has 22 heavy (non-hydrogen) atoms. The van der Waals surface area contributed by atoms with Crippen molar-refractivity contribution in [1.82, 2.24) is 15.3 Å². The molecule has 0 aliphatic carbocycles. The fraction of sp³-hybridized carbons (Fsp3) is 0.188. The third-order valence-corrected chi connectivity index (χ3v) is 4.75. The number of amides is 1. The lowest BCUT2D eigenvalue weighted by atomic mass is 10.1. The van der Waals surface area contributed by atoms with E-state index in [4.69, 9.17) is 0 Å². The molecule has 0 saturated carbocycles. The Morgan fingerprint density at radius 1 is 1.18 bits per heavy atom. The van der Waals surface area contributed by atoms with Crippen LogP contribution in [0.15, 0.2) is 34.3 Å². The average Bonchev–Trinajstić information content (AvgIpc) is 3.16. The summed E-state index contributed by atoms with van der Waals surface area (Å²) < 4.78 is 0. The molecule has 1 N–H and O–H groups in total. The molecule has 3 aromatic heterocycles. The standard InChI is InChI=1S/C16H15N3OS2/c1-10-14(3-4-15(18-10)12-5-6-21-8-12)16(20)17-7-13-9-22-11(2)19-13/h3-6,8-9H,7H2,1-2H3,(H,17,20). The minimum atomic E-state index is -0.118. The largest absolute Gasteiger partial charge is 0.346 e. The number of hydrogen-bond donors (Lipinski definition) is 1. The van der Waals surface area contributed by atoms with Gasteiger partial charge in [-0.05, 0) is 37.4 Å². The highest BCUT2D eigenvalue weighted by molar-refractivity contribution is 7.09. The van der Waals surface area contributed by atoms with Gasteiger partial charge in [-0.2, -0.15) is 11.3 Å². The van der Waals surface area contributed by atoms with E-state index in [1.165, 1.54) is 0 Å². The molecule has 1 amide bonds. The summed E-state index contributed by atoms with van der Waals surface area (Å²) in [6.45, 7) is 4.25. The Labute approximate surface area is 136 Å². The lowest BCUT2D eigenvalue weighted by Crippen LogP contribution is -2.24. The fourth-order valence-corrected chi connectivity index (χ4v) is 3.39.